The Morgan fingerprint density at radius 3 is 2.71 bits per heavy atom. The smallest absolute Gasteiger partial charge is 0.243 e. The van der Waals surface area contributed by atoms with Gasteiger partial charge < -0.3 is 10.1 Å². The van der Waals surface area contributed by atoms with Crippen molar-refractivity contribution in [1.29, 1.82) is 0 Å². The minimum atomic E-state index is -3.91. The van der Waals surface area contributed by atoms with Crippen LogP contribution in [0.5, 0.6) is 0 Å². The van der Waals surface area contributed by atoms with Gasteiger partial charge in [0.05, 0.1) is 23.1 Å². The first kappa shape index (κ1) is 17.8. The van der Waals surface area contributed by atoms with E-state index in [-0.39, 0.29) is 23.0 Å². The monoisotopic (exact) mass is 338 g/mol. The molecule has 1 aromatic rings. The number of sulfonamides is 1. The van der Waals surface area contributed by atoms with Gasteiger partial charge in [-0.1, -0.05) is 11.6 Å². The summed E-state index contributed by atoms with van der Waals surface area (Å²) in [4.78, 5) is 11.4. The van der Waals surface area contributed by atoms with Crippen LogP contribution in [0.15, 0.2) is 23.1 Å². The Morgan fingerprint density at radius 1 is 1.48 bits per heavy atom. The number of hydrogen-bond acceptors (Lipinski definition) is 4. The van der Waals surface area contributed by atoms with Gasteiger partial charge in [0.25, 0.3) is 0 Å². The molecule has 1 amide bonds. The van der Waals surface area contributed by atoms with Crippen molar-refractivity contribution in [2.45, 2.75) is 4.90 Å². The number of ether oxygens (including phenoxy) is 1. The lowest BCUT2D eigenvalue weighted by molar-refractivity contribution is -0.121. The normalized spacial score (nSPS) is 11.7. The van der Waals surface area contributed by atoms with Crippen LogP contribution in [-0.2, 0) is 19.6 Å². The summed E-state index contributed by atoms with van der Waals surface area (Å²) in [7, 11) is -1.17. The number of nitrogens with zero attached hydrogens (tertiary/aromatic N) is 1. The van der Waals surface area contributed by atoms with Crippen LogP contribution < -0.4 is 5.32 Å². The van der Waals surface area contributed by atoms with Crippen LogP contribution in [0, 0.1) is 5.82 Å². The van der Waals surface area contributed by atoms with Crippen LogP contribution in [0.4, 0.5) is 4.39 Å². The molecule has 0 aromatic heterocycles. The first-order valence-electron chi connectivity index (χ1n) is 5.96. The van der Waals surface area contributed by atoms with Gasteiger partial charge in [-0.05, 0) is 18.2 Å². The maximum Gasteiger partial charge on any atom is 0.243 e. The molecule has 0 heterocycles. The molecule has 1 aromatic carbocycles. The molecule has 0 fully saturated rings. The van der Waals surface area contributed by atoms with Gasteiger partial charge in [0.1, 0.15) is 5.82 Å². The number of likely N-dealkylation sites (N-methyl/N-ethyl adjacent to an activating group) is 1. The molecular formula is C12H16ClFN2O4S. The van der Waals surface area contributed by atoms with Crippen LogP contribution in [0.25, 0.3) is 0 Å². The van der Waals surface area contributed by atoms with Crippen molar-refractivity contribution in [1.82, 2.24) is 9.62 Å². The molecule has 118 valence electrons. The highest BCUT2D eigenvalue weighted by molar-refractivity contribution is 7.89. The summed E-state index contributed by atoms with van der Waals surface area (Å²) in [6, 6.07) is 3.06. The van der Waals surface area contributed by atoms with Gasteiger partial charge in [-0.15, -0.1) is 0 Å². The second-order valence-corrected chi connectivity index (χ2v) is 6.63. The third-order valence-electron chi connectivity index (χ3n) is 2.59. The van der Waals surface area contributed by atoms with E-state index in [1.54, 1.807) is 0 Å². The van der Waals surface area contributed by atoms with Gasteiger partial charge in [-0.3, -0.25) is 4.79 Å². The van der Waals surface area contributed by atoms with Crippen molar-refractivity contribution in [2.24, 2.45) is 0 Å². The van der Waals surface area contributed by atoms with E-state index in [0.717, 1.165) is 22.5 Å². The largest absolute Gasteiger partial charge is 0.383 e. The van der Waals surface area contributed by atoms with E-state index < -0.39 is 21.7 Å². The highest BCUT2D eigenvalue weighted by Crippen LogP contribution is 2.21. The fraction of sp³-hybridized carbons (Fsp3) is 0.417. The van der Waals surface area contributed by atoms with Crippen LogP contribution >= 0.6 is 11.6 Å². The zero-order valence-electron chi connectivity index (χ0n) is 11.6. The fourth-order valence-corrected chi connectivity index (χ4v) is 2.85. The highest BCUT2D eigenvalue weighted by atomic mass is 35.5. The Balaban J connectivity index is 2.77. The van der Waals surface area contributed by atoms with Gasteiger partial charge in [-0.25, -0.2) is 12.8 Å². The fourth-order valence-electron chi connectivity index (χ4n) is 1.45. The number of carbonyl (C=O) groups is 1. The molecule has 0 aliphatic carbocycles. The SMILES string of the molecule is COCCNC(=O)CN(C)S(=O)(=O)c1ccc(F)c(Cl)c1. The summed E-state index contributed by atoms with van der Waals surface area (Å²) in [6.45, 7) is 0.252. The topological polar surface area (TPSA) is 75.7 Å². The molecule has 0 saturated carbocycles. The third-order valence-corrected chi connectivity index (χ3v) is 4.68. The molecule has 9 heteroatoms. The summed E-state index contributed by atoms with van der Waals surface area (Å²) in [5, 5.41) is 2.21. The molecule has 0 bridgehead atoms. The number of carbonyl (C=O) groups excluding carboxylic acids is 1. The van der Waals surface area contributed by atoms with Crippen molar-refractivity contribution >= 4 is 27.5 Å². The molecule has 21 heavy (non-hydrogen) atoms. The second-order valence-electron chi connectivity index (χ2n) is 4.18. The summed E-state index contributed by atoms with van der Waals surface area (Å²) >= 11 is 5.56. The first-order chi connectivity index (χ1) is 9.78. The number of nitrogens with one attached hydrogen (secondary N) is 1. The Bertz CT molecular complexity index is 609. The molecule has 0 atom stereocenters. The molecule has 0 unspecified atom stereocenters. The number of amides is 1. The molecule has 0 spiro atoms. The predicted octanol–water partition coefficient (Wildman–Crippen LogP) is 0.862. The van der Waals surface area contributed by atoms with E-state index in [2.05, 4.69) is 5.32 Å². The average Bonchev–Trinajstić information content (AvgIpc) is 2.41. The van der Waals surface area contributed by atoms with Crippen molar-refractivity contribution in [2.75, 3.05) is 33.9 Å². The van der Waals surface area contributed by atoms with Gasteiger partial charge in [0.2, 0.25) is 15.9 Å². The van der Waals surface area contributed by atoms with Crippen LogP contribution in [0.3, 0.4) is 0 Å². The predicted molar refractivity (Wildman–Crippen MR) is 76.1 cm³/mol. The van der Waals surface area contributed by atoms with Gasteiger partial charge in [-0.2, -0.15) is 4.31 Å². The van der Waals surface area contributed by atoms with E-state index in [0.29, 0.717) is 6.61 Å². The number of halogens is 2. The average molecular weight is 339 g/mol. The standard InChI is InChI=1S/C12H16ClFN2O4S/c1-16(8-12(17)15-5-6-20-2)21(18,19)9-3-4-11(14)10(13)7-9/h3-4,7H,5-6,8H2,1-2H3,(H,15,17). The highest BCUT2D eigenvalue weighted by Gasteiger charge is 2.23. The van der Waals surface area contributed by atoms with Crippen molar-refractivity contribution < 1.29 is 22.3 Å². The van der Waals surface area contributed by atoms with Gasteiger partial charge in [0.15, 0.2) is 0 Å². The van der Waals surface area contributed by atoms with E-state index in [9.17, 15) is 17.6 Å². The number of hydrogen-bond donors (Lipinski definition) is 1. The van der Waals surface area contributed by atoms with E-state index in [1.165, 1.54) is 14.2 Å². The van der Waals surface area contributed by atoms with E-state index in [1.807, 2.05) is 0 Å². The second kappa shape index (κ2) is 7.69. The van der Waals surface area contributed by atoms with E-state index in [4.69, 9.17) is 16.3 Å². The van der Waals surface area contributed by atoms with Crippen molar-refractivity contribution in [3.63, 3.8) is 0 Å². The van der Waals surface area contributed by atoms with Crippen LogP contribution in [-0.4, -0.2) is 52.5 Å². The van der Waals surface area contributed by atoms with E-state index >= 15 is 0 Å². The Hall–Kier alpha value is -1.22. The summed E-state index contributed by atoms with van der Waals surface area (Å²) in [6.07, 6.45) is 0. The molecular weight excluding hydrogens is 323 g/mol. The summed E-state index contributed by atoms with van der Waals surface area (Å²) < 4.78 is 43.1. The minimum absolute atomic E-state index is 0.180. The zero-order valence-corrected chi connectivity index (χ0v) is 13.2. The van der Waals surface area contributed by atoms with Crippen LogP contribution in [0.2, 0.25) is 5.02 Å². The minimum Gasteiger partial charge on any atom is -0.383 e. The number of rotatable bonds is 7. The molecule has 0 saturated heterocycles. The van der Waals surface area contributed by atoms with Crippen molar-refractivity contribution in [3.05, 3.63) is 29.0 Å². The Labute approximate surface area is 127 Å². The van der Waals surface area contributed by atoms with Gasteiger partial charge in [0, 0.05) is 20.7 Å². The molecule has 6 nitrogen and oxygen atoms in total. The molecule has 0 aliphatic rings. The van der Waals surface area contributed by atoms with Crippen LogP contribution in [0.1, 0.15) is 0 Å². The molecule has 0 aliphatic heterocycles. The van der Waals surface area contributed by atoms with Gasteiger partial charge >= 0.3 is 0 Å². The first-order valence-corrected chi connectivity index (χ1v) is 7.78. The maximum absolute atomic E-state index is 13.1. The lowest BCUT2D eigenvalue weighted by Gasteiger charge is -2.17. The third kappa shape index (κ3) is 4.92. The quantitative estimate of drug-likeness (QED) is 0.748. The zero-order chi connectivity index (χ0) is 16.0. The lowest BCUT2D eigenvalue weighted by Crippen LogP contribution is -2.39. The Morgan fingerprint density at radius 2 is 2.14 bits per heavy atom. The number of methoxy groups -OCH3 is 1. The lowest BCUT2D eigenvalue weighted by atomic mass is 10.3. The Kier molecular flexibility index (Phi) is 6.53. The summed E-state index contributed by atoms with van der Waals surface area (Å²) in [5.41, 5.74) is 0. The summed E-state index contributed by atoms with van der Waals surface area (Å²) in [5.74, 6) is -1.18. The maximum atomic E-state index is 13.1. The molecule has 1 N–H and O–H groups in total. The van der Waals surface area contributed by atoms with Crippen molar-refractivity contribution in [3.8, 4) is 0 Å². The molecule has 0 radical (unpaired) electrons. The molecule has 1 rings (SSSR count). The number of benzene rings is 1.